The molecule has 0 heterocycles. The Morgan fingerprint density at radius 1 is 1.03 bits per heavy atom. The smallest absolute Gasteiger partial charge is 0.302 e. The molecule has 2 fully saturated rings. The van der Waals surface area contributed by atoms with Crippen LogP contribution in [0.5, 0.6) is 0 Å². The van der Waals surface area contributed by atoms with Crippen molar-refractivity contribution in [3.63, 3.8) is 0 Å². The number of nitrogens with one attached hydrogen (secondary N) is 1. The lowest BCUT2D eigenvalue weighted by atomic mass is 9.43. The lowest BCUT2D eigenvalue weighted by Gasteiger charge is -2.62. The average molecular weight is 430 g/mol. The Bertz CT molecular complexity index is 769. The van der Waals surface area contributed by atoms with E-state index >= 15 is 0 Å². The standard InChI is InChI=1S/C28H47NO2/c1-18(17-29-8)20-11-15-28(7)22-9-10-23-25(3,4)24(31-19(2)30)13-14-26(23,5)21(22)12-16-27(20,28)6/h18,20,23-24,29H,9-17H2,1-8H3/t18-,20-,23+,24+,26-,27-,28+/m1/s1. The third-order valence-corrected chi connectivity index (χ3v) is 11.3. The molecule has 0 unspecified atom stereocenters. The molecule has 0 saturated heterocycles. The van der Waals surface area contributed by atoms with Crippen molar-refractivity contribution in [3.05, 3.63) is 11.1 Å². The zero-order valence-electron chi connectivity index (χ0n) is 21.5. The quantitative estimate of drug-likeness (QED) is 0.408. The van der Waals surface area contributed by atoms with Gasteiger partial charge < -0.3 is 10.1 Å². The number of carbonyl (C=O) groups is 1. The van der Waals surface area contributed by atoms with Crippen molar-refractivity contribution in [2.75, 3.05) is 13.6 Å². The van der Waals surface area contributed by atoms with Crippen molar-refractivity contribution in [3.8, 4) is 0 Å². The van der Waals surface area contributed by atoms with Gasteiger partial charge in [-0.2, -0.15) is 0 Å². The number of hydrogen-bond acceptors (Lipinski definition) is 3. The van der Waals surface area contributed by atoms with Gasteiger partial charge in [0.2, 0.25) is 0 Å². The molecule has 2 saturated carbocycles. The first kappa shape index (κ1) is 23.3. The Morgan fingerprint density at radius 2 is 1.74 bits per heavy atom. The fourth-order valence-corrected chi connectivity index (χ4v) is 9.49. The van der Waals surface area contributed by atoms with Crippen molar-refractivity contribution in [2.45, 2.75) is 106 Å². The summed E-state index contributed by atoms with van der Waals surface area (Å²) in [5.41, 5.74) is 4.76. The van der Waals surface area contributed by atoms with E-state index in [-0.39, 0.29) is 22.9 Å². The molecule has 4 rings (SSSR count). The van der Waals surface area contributed by atoms with E-state index in [9.17, 15) is 4.79 Å². The zero-order chi connectivity index (χ0) is 22.8. The fraction of sp³-hybridized carbons (Fsp3) is 0.893. The molecule has 1 N–H and O–H groups in total. The minimum absolute atomic E-state index is 0.0401. The number of ether oxygens (including phenoxy) is 1. The van der Waals surface area contributed by atoms with Gasteiger partial charge in [-0.15, -0.1) is 0 Å². The summed E-state index contributed by atoms with van der Waals surface area (Å²) in [6.45, 7) is 17.7. The Kier molecular flexibility index (Phi) is 5.72. The van der Waals surface area contributed by atoms with Crippen molar-refractivity contribution in [1.82, 2.24) is 5.32 Å². The highest BCUT2D eigenvalue weighted by Crippen LogP contribution is 2.72. The summed E-state index contributed by atoms with van der Waals surface area (Å²) in [6.07, 6.45) is 10.1. The van der Waals surface area contributed by atoms with Gasteiger partial charge in [-0.1, -0.05) is 52.7 Å². The number of rotatable bonds is 4. The highest BCUT2D eigenvalue weighted by molar-refractivity contribution is 5.66. The second kappa shape index (κ2) is 7.61. The second-order valence-corrected chi connectivity index (χ2v) is 12.9. The molecule has 31 heavy (non-hydrogen) atoms. The second-order valence-electron chi connectivity index (χ2n) is 12.9. The molecule has 0 amide bonds. The molecule has 0 radical (unpaired) electrons. The van der Waals surface area contributed by atoms with Crippen molar-refractivity contribution >= 4 is 5.97 Å². The van der Waals surface area contributed by atoms with E-state index in [0.29, 0.717) is 16.7 Å². The lowest BCUT2D eigenvalue weighted by molar-refractivity contribution is -0.167. The van der Waals surface area contributed by atoms with Crippen LogP contribution in [-0.2, 0) is 9.53 Å². The highest BCUT2D eigenvalue weighted by Gasteiger charge is 2.63. The third kappa shape index (κ3) is 3.19. The molecule has 0 bridgehead atoms. The molecule has 176 valence electrons. The summed E-state index contributed by atoms with van der Waals surface area (Å²) in [4.78, 5) is 11.8. The molecule has 0 aromatic carbocycles. The van der Waals surface area contributed by atoms with Crippen LogP contribution in [0.1, 0.15) is 99.8 Å². The van der Waals surface area contributed by atoms with Crippen LogP contribution in [-0.4, -0.2) is 25.7 Å². The number of hydrogen-bond donors (Lipinski definition) is 1. The first-order valence-electron chi connectivity index (χ1n) is 13.0. The fourth-order valence-electron chi connectivity index (χ4n) is 9.49. The molecule has 0 aromatic rings. The molecule has 3 heteroatoms. The predicted octanol–water partition coefficient (Wildman–Crippen LogP) is 6.52. The Labute approximate surface area is 191 Å². The maximum absolute atomic E-state index is 11.8. The number of carbonyl (C=O) groups excluding carboxylic acids is 1. The maximum Gasteiger partial charge on any atom is 0.302 e. The SMILES string of the molecule is CNC[C@@H](C)[C@H]1CC[C@@]2(C)C3=C(CC[C@]12C)[C@@]1(C)CC[C@H](OC(C)=O)C(C)(C)[C@@H]1CC3. The van der Waals surface area contributed by atoms with Crippen LogP contribution >= 0.6 is 0 Å². The molecule has 0 spiro atoms. The highest BCUT2D eigenvalue weighted by atomic mass is 16.5. The van der Waals surface area contributed by atoms with Gasteiger partial charge in [-0.25, -0.2) is 0 Å². The number of allylic oxidation sites excluding steroid dienone is 2. The topological polar surface area (TPSA) is 38.3 Å². The Hall–Kier alpha value is -0.830. The van der Waals surface area contributed by atoms with Crippen LogP contribution in [0.2, 0.25) is 0 Å². The number of esters is 1. The molecule has 0 aromatic heterocycles. The number of fused-ring (bicyclic) bond motifs is 4. The Balaban J connectivity index is 1.70. The van der Waals surface area contributed by atoms with E-state index < -0.39 is 0 Å². The molecule has 0 aliphatic heterocycles. The minimum atomic E-state index is -0.119. The molecular weight excluding hydrogens is 382 g/mol. The van der Waals surface area contributed by atoms with Crippen LogP contribution in [0.25, 0.3) is 0 Å². The normalized spacial score (nSPS) is 44.8. The van der Waals surface area contributed by atoms with E-state index in [0.717, 1.165) is 24.8 Å². The van der Waals surface area contributed by atoms with Gasteiger partial charge in [-0.05, 0) is 99.0 Å². The zero-order valence-corrected chi connectivity index (χ0v) is 21.5. The molecule has 7 atom stereocenters. The van der Waals surface area contributed by atoms with Gasteiger partial charge in [0.15, 0.2) is 0 Å². The van der Waals surface area contributed by atoms with Gasteiger partial charge >= 0.3 is 5.97 Å². The Morgan fingerprint density at radius 3 is 2.39 bits per heavy atom. The van der Waals surface area contributed by atoms with E-state index in [1.165, 1.54) is 44.9 Å². The van der Waals surface area contributed by atoms with Gasteiger partial charge in [0, 0.05) is 12.3 Å². The molecular formula is C28H47NO2. The predicted molar refractivity (Wildman–Crippen MR) is 128 cm³/mol. The van der Waals surface area contributed by atoms with Crippen molar-refractivity contribution in [1.29, 1.82) is 0 Å². The van der Waals surface area contributed by atoms with E-state index in [4.69, 9.17) is 4.74 Å². The van der Waals surface area contributed by atoms with Crippen LogP contribution < -0.4 is 5.32 Å². The van der Waals surface area contributed by atoms with Crippen LogP contribution in [0.15, 0.2) is 11.1 Å². The van der Waals surface area contributed by atoms with Crippen molar-refractivity contribution in [2.24, 2.45) is 39.4 Å². The molecule has 3 nitrogen and oxygen atoms in total. The maximum atomic E-state index is 11.8. The van der Waals surface area contributed by atoms with Gasteiger partial charge in [-0.3, -0.25) is 4.79 Å². The first-order valence-corrected chi connectivity index (χ1v) is 13.0. The summed E-state index contributed by atoms with van der Waals surface area (Å²) < 4.78 is 5.84. The van der Waals surface area contributed by atoms with Crippen molar-refractivity contribution < 1.29 is 9.53 Å². The average Bonchev–Trinajstić information content (AvgIpc) is 2.96. The van der Waals surface area contributed by atoms with Gasteiger partial charge in [0.05, 0.1) is 0 Å². The van der Waals surface area contributed by atoms with Crippen LogP contribution in [0, 0.1) is 39.4 Å². The van der Waals surface area contributed by atoms with E-state index in [2.05, 4.69) is 53.9 Å². The monoisotopic (exact) mass is 429 g/mol. The van der Waals surface area contributed by atoms with Gasteiger partial charge in [0.1, 0.15) is 6.10 Å². The van der Waals surface area contributed by atoms with E-state index in [1.807, 2.05) is 11.1 Å². The van der Waals surface area contributed by atoms with Gasteiger partial charge in [0.25, 0.3) is 0 Å². The molecule has 4 aliphatic carbocycles. The largest absolute Gasteiger partial charge is 0.462 e. The van der Waals surface area contributed by atoms with Crippen LogP contribution in [0.4, 0.5) is 0 Å². The third-order valence-electron chi connectivity index (χ3n) is 11.3. The summed E-state index contributed by atoms with van der Waals surface area (Å²) in [5.74, 6) is 2.04. The van der Waals surface area contributed by atoms with E-state index in [1.54, 1.807) is 6.92 Å². The summed E-state index contributed by atoms with van der Waals surface area (Å²) in [7, 11) is 2.10. The van der Waals surface area contributed by atoms with Crippen LogP contribution in [0.3, 0.4) is 0 Å². The summed E-state index contributed by atoms with van der Waals surface area (Å²) >= 11 is 0. The molecule has 4 aliphatic rings. The summed E-state index contributed by atoms with van der Waals surface area (Å²) in [5, 5.41) is 3.45. The first-order chi connectivity index (χ1) is 14.4. The summed E-state index contributed by atoms with van der Waals surface area (Å²) in [6, 6.07) is 0. The minimum Gasteiger partial charge on any atom is -0.462 e. The lowest BCUT2D eigenvalue weighted by Crippen LogP contribution is -2.55.